The predicted octanol–water partition coefficient (Wildman–Crippen LogP) is 8.12. The molecule has 1 N–H and O–H groups in total. The van der Waals surface area contributed by atoms with Gasteiger partial charge in [0.05, 0.1) is 31.5 Å². The van der Waals surface area contributed by atoms with Crippen LogP contribution in [0.5, 0.6) is 0 Å². The average molecular weight is 714 g/mol. The molecule has 9 nitrogen and oxygen atoms in total. The fourth-order valence-corrected chi connectivity index (χ4v) is 7.99. The number of aryl methyl sites for hydroxylation is 1. The molecule has 0 aromatic heterocycles. The van der Waals surface area contributed by atoms with Gasteiger partial charge in [0.2, 0.25) is 0 Å². The first kappa shape index (κ1) is 39.8. The summed E-state index contributed by atoms with van der Waals surface area (Å²) in [5.41, 5.74) is 3.37. The van der Waals surface area contributed by atoms with Crippen LogP contribution in [0.3, 0.4) is 0 Å². The van der Waals surface area contributed by atoms with Gasteiger partial charge in [-0.25, -0.2) is 14.0 Å². The molecule has 4 atom stereocenters. The van der Waals surface area contributed by atoms with Gasteiger partial charge in [-0.3, -0.25) is 0 Å². The summed E-state index contributed by atoms with van der Waals surface area (Å²) in [7, 11) is -0.527. The monoisotopic (exact) mass is 713 g/mol. The lowest BCUT2D eigenvalue weighted by Gasteiger charge is -2.40. The number of halogens is 1. The number of likely N-dealkylation sites (tertiary alicyclic amines) is 1. The highest BCUT2D eigenvalue weighted by Gasteiger charge is 2.46. The Kier molecular flexibility index (Phi) is 14.3. The summed E-state index contributed by atoms with van der Waals surface area (Å²) in [5, 5.41) is 2.97. The molecule has 2 fully saturated rings. The van der Waals surface area contributed by atoms with Crippen molar-refractivity contribution in [1.29, 1.82) is 0 Å². The summed E-state index contributed by atoms with van der Waals surface area (Å²) in [5.74, 6) is -0.412. The van der Waals surface area contributed by atoms with E-state index in [2.05, 4.69) is 39.2 Å². The number of hydrogen-bond acceptors (Lipinski definition) is 6. The van der Waals surface area contributed by atoms with E-state index < -0.39 is 20.5 Å². The highest BCUT2D eigenvalue weighted by Crippen LogP contribution is 2.40. The van der Waals surface area contributed by atoms with Crippen LogP contribution in [0.4, 0.5) is 14.0 Å². The molecule has 0 saturated carbocycles. The number of benzene rings is 2. The van der Waals surface area contributed by atoms with Crippen LogP contribution in [0, 0.1) is 12.7 Å². The molecule has 1 unspecified atom stereocenters. The van der Waals surface area contributed by atoms with Gasteiger partial charge in [-0.2, -0.15) is 0 Å². The van der Waals surface area contributed by atoms with Crippen LogP contribution < -0.4 is 5.32 Å². The van der Waals surface area contributed by atoms with E-state index in [1.54, 1.807) is 18.1 Å². The number of carbonyl (C=O) groups is 2. The second-order valence-electron chi connectivity index (χ2n) is 15.4. The zero-order valence-electron chi connectivity index (χ0n) is 31.6. The van der Waals surface area contributed by atoms with Crippen LogP contribution in [0.25, 0.3) is 11.1 Å². The van der Waals surface area contributed by atoms with Crippen molar-refractivity contribution in [3.05, 3.63) is 59.4 Å². The zero-order valence-corrected chi connectivity index (χ0v) is 32.6. The Hall–Kier alpha value is -2.99. The number of morpholine rings is 1. The molecule has 0 aliphatic carbocycles. The van der Waals surface area contributed by atoms with Crippen LogP contribution >= 0.6 is 0 Å². The quantitative estimate of drug-likeness (QED) is 0.157. The summed E-state index contributed by atoms with van der Waals surface area (Å²) in [6, 6.07) is 12.7. The summed E-state index contributed by atoms with van der Waals surface area (Å²) in [4.78, 5) is 30.7. The van der Waals surface area contributed by atoms with Gasteiger partial charge >= 0.3 is 12.1 Å². The van der Waals surface area contributed by atoms with Gasteiger partial charge in [-0.1, -0.05) is 82.5 Å². The minimum Gasteiger partial charge on any atom is -0.450 e. The summed E-state index contributed by atoms with van der Waals surface area (Å²) in [6.07, 6.45) is 3.06. The number of methoxy groups -OCH3 is 1. The number of ether oxygens (including phenoxy) is 3. The van der Waals surface area contributed by atoms with Crippen LogP contribution in [-0.2, 0) is 18.6 Å². The number of alkyl carbamates (subject to hydrolysis) is 1. The van der Waals surface area contributed by atoms with Gasteiger partial charge in [-0.15, -0.1) is 0 Å². The Labute approximate surface area is 300 Å². The lowest BCUT2D eigenvalue weighted by Crippen LogP contribution is -2.52. The van der Waals surface area contributed by atoms with Crippen LogP contribution in [0.2, 0.25) is 18.1 Å². The lowest BCUT2D eigenvalue weighted by atomic mass is 9.82. The molecule has 2 heterocycles. The maximum absolute atomic E-state index is 15.7. The highest BCUT2D eigenvalue weighted by atomic mass is 28.4. The molecule has 2 aromatic carbocycles. The van der Waals surface area contributed by atoms with Crippen molar-refractivity contribution in [3.8, 4) is 11.1 Å². The lowest BCUT2D eigenvalue weighted by molar-refractivity contribution is -0.0338. The first-order chi connectivity index (χ1) is 23.8. The molecule has 0 bridgehead atoms. The molecule has 2 saturated heterocycles. The number of nitrogens with zero attached hydrogens (tertiary/aromatic N) is 2. The molecule has 2 aromatic rings. The Morgan fingerprint density at radius 1 is 1.04 bits per heavy atom. The van der Waals surface area contributed by atoms with Crippen LogP contribution in [0.1, 0.15) is 76.8 Å². The zero-order chi connectivity index (χ0) is 36.5. The molecule has 50 heavy (non-hydrogen) atoms. The molecule has 11 heteroatoms. The van der Waals surface area contributed by atoms with E-state index in [0.29, 0.717) is 51.6 Å². The molecule has 2 aliphatic heterocycles. The minimum absolute atomic E-state index is 0.0411. The van der Waals surface area contributed by atoms with E-state index in [9.17, 15) is 9.59 Å². The van der Waals surface area contributed by atoms with Gasteiger partial charge < -0.3 is 33.8 Å². The van der Waals surface area contributed by atoms with Crippen LogP contribution in [0.15, 0.2) is 42.5 Å². The Bertz CT molecular complexity index is 1420. The van der Waals surface area contributed by atoms with Crippen molar-refractivity contribution in [2.45, 2.75) is 109 Å². The maximum Gasteiger partial charge on any atom is 0.407 e. The second-order valence-corrected chi connectivity index (χ2v) is 20.1. The van der Waals surface area contributed by atoms with Gasteiger partial charge in [0.25, 0.3) is 0 Å². The van der Waals surface area contributed by atoms with Gasteiger partial charge in [0, 0.05) is 51.4 Å². The maximum atomic E-state index is 15.7. The van der Waals surface area contributed by atoms with Crippen molar-refractivity contribution < 1.29 is 32.6 Å². The number of nitrogens with one attached hydrogen (secondary N) is 1. The SMILES string of the molecule is CCCCOC(=O)N[C@@H]1CN(C(=O)N2CCO[C@@H](C(CCCCOC)c3cccc(F)c3-c3cccc(C)c3)C2)C[C@@H]1O[Si](C)(C)C(C)(C)C. The van der Waals surface area contributed by atoms with Crippen LogP contribution in [-0.4, -0.2) is 102 Å². The third-order valence-electron chi connectivity index (χ3n) is 10.5. The Balaban J connectivity index is 1.57. The summed E-state index contributed by atoms with van der Waals surface area (Å²) < 4.78 is 39.7. The Morgan fingerprint density at radius 3 is 2.50 bits per heavy atom. The smallest absolute Gasteiger partial charge is 0.407 e. The van der Waals surface area contributed by atoms with E-state index in [4.69, 9.17) is 18.6 Å². The first-order valence-corrected chi connectivity index (χ1v) is 21.3. The molecule has 2 aliphatic rings. The van der Waals surface area contributed by atoms with E-state index in [0.717, 1.165) is 48.8 Å². The summed E-state index contributed by atoms with van der Waals surface area (Å²) in [6.45, 7) is 17.9. The van der Waals surface area contributed by atoms with E-state index in [1.165, 1.54) is 6.07 Å². The number of rotatable bonds is 14. The van der Waals surface area contributed by atoms with Crippen molar-refractivity contribution in [3.63, 3.8) is 0 Å². The molecular formula is C39H60FN3O6Si. The largest absolute Gasteiger partial charge is 0.450 e. The fraction of sp³-hybridized carbons (Fsp3) is 0.641. The second kappa shape index (κ2) is 18.0. The van der Waals surface area contributed by atoms with Gasteiger partial charge in [-0.05, 0) is 61.5 Å². The third kappa shape index (κ3) is 10.3. The normalized spacial score (nSPS) is 20.5. The van der Waals surface area contributed by atoms with Crippen molar-refractivity contribution in [2.24, 2.45) is 0 Å². The third-order valence-corrected chi connectivity index (χ3v) is 15.0. The molecule has 0 radical (unpaired) electrons. The number of hydrogen-bond donors (Lipinski definition) is 1. The topological polar surface area (TPSA) is 89.6 Å². The van der Waals surface area contributed by atoms with Crippen molar-refractivity contribution in [2.75, 3.05) is 53.1 Å². The number of amides is 3. The number of urea groups is 1. The molecule has 0 spiro atoms. The average Bonchev–Trinajstić information content (AvgIpc) is 3.44. The molecule has 4 rings (SSSR count). The van der Waals surface area contributed by atoms with E-state index in [-0.39, 0.29) is 35.0 Å². The fourth-order valence-electron chi connectivity index (χ4n) is 6.65. The highest BCUT2D eigenvalue weighted by molar-refractivity contribution is 6.74. The minimum atomic E-state index is -2.23. The standard InChI is InChI=1S/C39H60FN3O6Si/c1-9-10-22-48-37(44)41-33-25-43(27-35(33)49-50(7,8)39(3,4)5)38(45)42-20-23-47-34(26-42)30(17-11-12-21-46-6)31-18-14-19-32(40)36(31)29-16-13-15-28(2)24-29/h13-16,18-19,24,30,33-35H,9-12,17,20-23,25-27H2,1-8H3,(H,41,44)/t30?,33-,34-,35+/m1/s1. The van der Waals surface area contributed by atoms with Crippen molar-refractivity contribution in [1.82, 2.24) is 15.1 Å². The van der Waals surface area contributed by atoms with E-state index in [1.807, 2.05) is 49.1 Å². The Morgan fingerprint density at radius 2 is 1.80 bits per heavy atom. The summed E-state index contributed by atoms with van der Waals surface area (Å²) >= 11 is 0. The molecular weight excluding hydrogens is 654 g/mol. The van der Waals surface area contributed by atoms with Gasteiger partial charge in [0.1, 0.15) is 5.82 Å². The molecule has 278 valence electrons. The first-order valence-electron chi connectivity index (χ1n) is 18.4. The van der Waals surface area contributed by atoms with Gasteiger partial charge in [0.15, 0.2) is 8.32 Å². The number of unbranched alkanes of at least 4 members (excludes halogenated alkanes) is 2. The predicted molar refractivity (Wildman–Crippen MR) is 199 cm³/mol. The molecule has 3 amide bonds. The number of carbonyl (C=O) groups excluding carboxylic acids is 2. The van der Waals surface area contributed by atoms with E-state index >= 15 is 4.39 Å². The van der Waals surface area contributed by atoms with Crippen molar-refractivity contribution >= 4 is 20.4 Å².